The summed E-state index contributed by atoms with van der Waals surface area (Å²) in [6.07, 6.45) is 5.30. The number of carbonyl (C=O) groups is 1. The lowest BCUT2D eigenvalue weighted by molar-refractivity contribution is 0.177. The first kappa shape index (κ1) is 16.2. The molecule has 0 unspecified atom stereocenters. The van der Waals surface area contributed by atoms with Gasteiger partial charge in [-0.15, -0.1) is 11.3 Å². The lowest BCUT2D eigenvalue weighted by Gasteiger charge is -2.11. The van der Waals surface area contributed by atoms with E-state index in [-0.39, 0.29) is 12.1 Å². The van der Waals surface area contributed by atoms with Gasteiger partial charge in [-0.05, 0) is 31.1 Å². The first-order chi connectivity index (χ1) is 10.0. The van der Waals surface area contributed by atoms with Crippen molar-refractivity contribution in [3.63, 3.8) is 0 Å². The summed E-state index contributed by atoms with van der Waals surface area (Å²) in [6.45, 7) is 5.51. The Balaban J connectivity index is 1.65. The summed E-state index contributed by atoms with van der Waals surface area (Å²) < 4.78 is 0. The number of urea groups is 1. The fourth-order valence-electron chi connectivity index (χ4n) is 2.57. The van der Waals surface area contributed by atoms with Crippen LogP contribution < -0.4 is 10.6 Å². The van der Waals surface area contributed by atoms with Crippen molar-refractivity contribution in [3.05, 3.63) is 16.1 Å². The number of carbonyl (C=O) groups excluding carboxylic acids is 1. The van der Waals surface area contributed by atoms with E-state index in [9.17, 15) is 9.90 Å². The van der Waals surface area contributed by atoms with Crippen molar-refractivity contribution in [2.24, 2.45) is 11.8 Å². The SMILES string of the molecule is CC(C)Cc1ncc(CNC(=O)NC[C@H]2CC[C@H](O)C2)s1. The molecule has 1 aromatic heterocycles. The van der Waals surface area contributed by atoms with Gasteiger partial charge in [0, 0.05) is 24.0 Å². The van der Waals surface area contributed by atoms with Crippen molar-refractivity contribution in [3.8, 4) is 0 Å². The van der Waals surface area contributed by atoms with E-state index < -0.39 is 0 Å². The predicted molar refractivity (Wildman–Crippen MR) is 84.2 cm³/mol. The molecule has 21 heavy (non-hydrogen) atoms. The van der Waals surface area contributed by atoms with Gasteiger partial charge in [0.1, 0.15) is 0 Å². The summed E-state index contributed by atoms with van der Waals surface area (Å²) in [7, 11) is 0. The van der Waals surface area contributed by atoms with Crippen molar-refractivity contribution in [1.29, 1.82) is 0 Å². The largest absolute Gasteiger partial charge is 0.393 e. The summed E-state index contributed by atoms with van der Waals surface area (Å²) in [5, 5.41) is 16.3. The van der Waals surface area contributed by atoms with Crippen molar-refractivity contribution in [2.45, 2.75) is 52.2 Å². The molecule has 0 aromatic carbocycles. The zero-order valence-corrected chi connectivity index (χ0v) is 13.6. The number of aliphatic hydroxyl groups is 1. The number of amides is 2. The van der Waals surface area contributed by atoms with E-state index in [0.717, 1.165) is 35.6 Å². The van der Waals surface area contributed by atoms with Gasteiger partial charge in [0.05, 0.1) is 17.7 Å². The summed E-state index contributed by atoms with van der Waals surface area (Å²) in [5.74, 6) is 1.01. The van der Waals surface area contributed by atoms with Crippen LogP contribution in [0.15, 0.2) is 6.20 Å². The Hall–Kier alpha value is -1.14. The van der Waals surface area contributed by atoms with Gasteiger partial charge in [-0.25, -0.2) is 9.78 Å². The average molecular weight is 311 g/mol. The Morgan fingerprint density at radius 2 is 2.29 bits per heavy atom. The van der Waals surface area contributed by atoms with Crippen molar-refractivity contribution in [1.82, 2.24) is 15.6 Å². The minimum Gasteiger partial charge on any atom is -0.393 e. The summed E-state index contributed by atoms with van der Waals surface area (Å²) in [6, 6.07) is -0.143. The summed E-state index contributed by atoms with van der Waals surface area (Å²) in [4.78, 5) is 17.2. The van der Waals surface area contributed by atoms with Crippen LogP contribution in [0.1, 0.15) is 43.0 Å². The van der Waals surface area contributed by atoms with Gasteiger partial charge in [0.15, 0.2) is 0 Å². The smallest absolute Gasteiger partial charge is 0.315 e. The molecular weight excluding hydrogens is 286 g/mol. The first-order valence-corrected chi connectivity index (χ1v) is 8.48. The highest BCUT2D eigenvalue weighted by molar-refractivity contribution is 7.11. The zero-order valence-electron chi connectivity index (χ0n) is 12.8. The highest BCUT2D eigenvalue weighted by atomic mass is 32.1. The molecule has 3 N–H and O–H groups in total. The predicted octanol–water partition coefficient (Wildman–Crippen LogP) is 2.30. The molecule has 1 aliphatic carbocycles. The van der Waals surface area contributed by atoms with Gasteiger partial charge in [-0.2, -0.15) is 0 Å². The monoisotopic (exact) mass is 311 g/mol. The van der Waals surface area contributed by atoms with Crippen LogP contribution in [-0.2, 0) is 13.0 Å². The number of aromatic nitrogens is 1. The molecule has 5 nitrogen and oxygen atoms in total. The van der Waals surface area contributed by atoms with E-state index >= 15 is 0 Å². The van der Waals surface area contributed by atoms with Gasteiger partial charge < -0.3 is 15.7 Å². The average Bonchev–Trinajstić information content (AvgIpc) is 3.02. The first-order valence-electron chi connectivity index (χ1n) is 7.66. The van der Waals surface area contributed by atoms with Crippen molar-refractivity contribution in [2.75, 3.05) is 6.54 Å². The molecule has 1 saturated carbocycles. The number of aliphatic hydroxyl groups excluding tert-OH is 1. The van der Waals surface area contributed by atoms with Crippen LogP contribution in [0, 0.1) is 11.8 Å². The second-order valence-corrected chi connectivity index (χ2v) is 7.41. The zero-order chi connectivity index (χ0) is 15.2. The molecule has 0 radical (unpaired) electrons. The topological polar surface area (TPSA) is 74.2 Å². The Kier molecular flexibility index (Phi) is 5.99. The Morgan fingerprint density at radius 1 is 1.48 bits per heavy atom. The minimum atomic E-state index is -0.184. The summed E-state index contributed by atoms with van der Waals surface area (Å²) >= 11 is 1.66. The van der Waals surface area contributed by atoms with E-state index in [0.29, 0.717) is 24.9 Å². The molecule has 1 aliphatic rings. The van der Waals surface area contributed by atoms with Gasteiger partial charge in [0.25, 0.3) is 0 Å². The molecule has 0 bridgehead atoms. The molecule has 1 heterocycles. The van der Waals surface area contributed by atoms with Crippen LogP contribution in [-0.4, -0.2) is 28.8 Å². The van der Waals surface area contributed by atoms with Gasteiger partial charge in [-0.3, -0.25) is 0 Å². The number of hydrogen-bond donors (Lipinski definition) is 3. The molecule has 0 spiro atoms. The molecular formula is C15H25N3O2S. The fourth-order valence-corrected chi connectivity index (χ4v) is 3.65. The molecule has 1 aromatic rings. The maximum Gasteiger partial charge on any atom is 0.315 e. The standard InChI is InChI=1S/C15H25N3O2S/c1-10(2)5-14-16-8-13(21-14)9-18-15(20)17-7-11-3-4-12(19)6-11/h8,10-12,19H,3-7,9H2,1-2H3,(H2,17,18,20)/t11-,12-/m0/s1. The maximum atomic E-state index is 11.7. The van der Waals surface area contributed by atoms with Crippen molar-refractivity contribution >= 4 is 17.4 Å². The van der Waals surface area contributed by atoms with Crippen LogP contribution in [0.4, 0.5) is 4.79 Å². The Morgan fingerprint density at radius 3 is 2.95 bits per heavy atom. The summed E-state index contributed by atoms with van der Waals surface area (Å²) in [5.41, 5.74) is 0. The Bertz CT molecular complexity index is 462. The molecule has 0 saturated heterocycles. The van der Waals surface area contributed by atoms with E-state index in [1.165, 1.54) is 0 Å². The van der Waals surface area contributed by atoms with E-state index in [4.69, 9.17) is 0 Å². The quantitative estimate of drug-likeness (QED) is 0.754. The number of nitrogens with zero attached hydrogens (tertiary/aromatic N) is 1. The van der Waals surface area contributed by atoms with Gasteiger partial charge >= 0.3 is 6.03 Å². The minimum absolute atomic E-state index is 0.143. The molecule has 1 fully saturated rings. The third kappa shape index (κ3) is 5.63. The van der Waals surface area contributed by atoms with Crippen molar-refractivity contribution < 1.29 is 9.90 Å². The van der Waals surface area contributed by atoms with Crippen LogP contribution in [0.3, 0.4) is 0 Å². The number of hydrogen-bond acceptors (Lipinski definition) is 4. The Labute approximate surface area is 130 Å². The highest BCUT2D eigenvalue weighted by Crippen LogP contribution is 2.24. The molecule has 118 valence electrons. The number of nitrogens with one attached hydrogen (secondary N) is 2. The number of rotatable bonds is 6. The van der Waals surface area contributed by atoms with Gasteiger partial charge in [-0.1, -0.05) is 13.8 Å². The van der Waals surface area contributed by atoms with Gasteiger partial charge in [0.2, 0.25) is 0 Å². The van der Waals surface area contributed by atoms with Crippen LogP contribution in [0.5, 0.6) is 0 Å². The second-order valence-electron chi connectivity index (χ2n) is 6.21. The molecule has 2 atom stereocenters. The number of thiazole rings is 1. The van der Waals surface area contributed by atoms with E-state index in [1.807, 2.05) is 6.20 Å². The third-order valence-corrected chi connectivity index (χ3v) is 4.69. The molecule has 0 aliphatic heterocycles. The fraction of sp³-hybridized carbons (Fsp3) is 0.733. The highest BCUT2D eigenvalue weighted by Gasteiger charge is 2.22. The van der Waals surface area contributed by atoms with E-state index in [2.05, 4.69) is 29.5 Å². The molecule has 2 rings (SSSR count). The van der Waals surface area contributed by atoms with Crippen LogP contribution in [0.2, 0.25) is 0 Å². The lowest BCUT2D eigenvalue weighted by Crippen LogP contribution is -2.37. The molecule has 2 amide bonds. The van der Waals surface area contributed by atoms with Crippen LogP contribution >= 0.6 is 11.3 Å². The normalized spacial score (nSPS) is 21.7. The maximum absolute atomic E-state index is 11.7. The third-order valence-electron chi connectivity index (χ3n) is 3.67. The lowest BCUT2D eigenvalue weighted by atomic mass is 10.1. The van der Waals surface area contributed by atoms with Crippen LogP contribution in [0.25, 0.3) is 0 Å². The molecule has 6 heteroatoms. The van der Waals surface area contributed by atoms with E-state index in [1.54, 1.807) is 11.3 Å². The second kappa shape index (κ2) is 7.75.